The Morgan fingerprint density at radius 2 is 1.96 bits per heavy atom. The molecule has 1 aliphatic heterocycles. The van der Waals surface area contributed by atoms with Crippen LogP contribution < -0.4 is 5.32 Å². The second-order valence-electron chi connectivity index (χ2n) is 6.05. The number of anilines is 1. The summed E-state index contributed by atoms with van der Waals surface area (Å²) < 4.78 is 14.0. The summed E-state index contributed by atoms with van der Waals surface area (Å²) in [5, 5.41) is 13.9. The molecule has 0 spiro atoms. The fourth-order valence-electron chi connectivity index (χ4n) is 3.22. The highest BCUT2D eigenvalue weighted by molar-refractivity contribution is 5.42. The number of hydrogen-bond acceptors (Lipinski definition) is 4. The molecule has 1 fully saturated rings. The Hall–Kier alpha value is -1.98. The van der Waals surface area contributed by atoms with Gasteiger partial charge in [-0.05, 0) is 25.0 Å². The van der Waals surface area contributed by atoms with E-state index in [1.54, 1.807) is 24.4 Å². The Balaban J connectivity index is 1.68. The van der Waals surface area contributed by atoms with Gasteiger partial charge in [-0.15, -0.1) is 0 Å². The van der Waals surface area contributed by atoms with E-state index in [9.17, 15) is 9.50 Å². The van der Waals surface area contributed by atoms with E-state index in [1.165, 1.54) is 6.07 Å². The van der Waals surface area contributed by atoms with Crippen LogP contribution in [0, 0.1) is 5.82 Å². The number of aromatic nitrogens is 1. The summed E-state index contributed by atoms with van der Waals surface area (Å²) in [6.45, 7) is 2.23. The van der Waals surface area contributed by atoms with Gasteiger partial charge >= 0.3 is 0 Å². The van der Waals surface area contributed by atoms with Crippen molar-refractivity contribution in [1.82, 2.24) is 9.88 Å². The fraction of sp³-hybridized carbons (Fsp3) is 0.389. The van der Waals surface area contributed by atoms with E-state index >= 15 is 0 Å². The summed E-state index contributed by atoms with van der Waals surface area (Å²) >= 11 is 0. The molecular weight excluding hydrogens is 293 g/mol. The Bertz CT molecular complexity index is 669. The van der Waals surface area contributed by atoms with E-state index in [0.717, 1.165) is 31.0 Å². The number of benzene rings is 1. The minimum atomic E-state index is -1.07. The van der Waals surface area contributed by atoms with Crippen LogP contribution in [0.15, 0.2) is 42.6 Å². The zero-order valence-corrected chi connectivity index (χ0v) is 13.3. The highest BCUT2D eigenvalue weighted by Gasteiger charge is 2.35. The molecule has 1 aliphatic rings. The standard InChI is InChI=1S/C18H22FN3O/c1-20-17-14(5-4-10-21-17)13-22-11-8-18(23,9-12-22)15-6-2-3-7-16(15)19/h2-7,10,23H,8-9,11-13H2,1H3,(H,20,21). The van der Waals surface area contributed by atoms with Gasteiger partial charge in [0.05, 0.1) is 5.60 Å². The van der Waals surface area contributed by atoms with Crippen LogP contribution in [-0.2, 0) is 12.1 Å². The Kier molecular flexibility index (Phi) is 4.59. The van der Waals surface area contributed by atoms with Gasteiger partial charge in [-0.1, -0.05) is 24.3 Å². The highest BCUT2D eigenvalue weighted by atomic mass is 19.1. The topological polar surface area (TPSA) is 48.4 Å². The number of nitrogens with zero attached hydrogens (tertiary/aromatic N) is 2. The number of halogens is 1. The Morgan fingerprint density at radius 1 is 1.22 bits per heavy atom. The van der Waals surface area contributed by atoms with Crippen LogP contribution in [0.1, 0.15) is 24.0 Å². The van der Waals surface area contributed by atoms with E-state index in [0.29, 0.717) is 18.4 Å². The van der Waals surface area contributed by atoms with E-state index in [1.807, 2.05) is 13.1 Å². The van der Waals surface area contributed by atoms with Crippen molar-refractivity contribution < 1.29 is 9.50 Å². The summed E-state index contributed by atoms with van der Waals surface area (Å²) in [6, 6.07) is 10.5. The molecule has 0 radical (unpaired) electrons. The molecule has 0 amide bonds. The zero-order valence-electron chi connectivity index (χ0n) is 13.3. The molecule has 4 nitrogen and oxygen atoms in total. The van der Waals surface area contributed by atoms with E-state index in [2.05, 4.69) is 21.3 Å². The van der Waals surface area contributed by atoms with Gasteiger partial charge in [0.25, 0.3) is 0 Å². The zero-order chi connectivity index (χ0) is 16.3. The van der Waals surface area contributed by atoms with Crippen LogP contribution in [0.2, 0.25) is 0 Å². The smallest absolute Gasteiger partial charge is 0.130 e. The molecule has 2 heterocycles. The molecule has 0 saturated carbocycles. The lowest BCUT2D eigenvalue weighted by atomic mass is 9.84. The van der Waals surface area contributed by atoms with Gasteiger partial charge in [-0.25, -0.2) is 9.37 Å². The molecule has 1 aromatic carbocycles. The third kappa shape index (κ3) is 3.35. The number of likely N-dealkylation sites (tertiary alicyclic amines) is 1. The van der Waals surface area contributed by atoms with Crippen LogP contribution >= 0.6 is 0 Å². The number of pyridine rings is 1. The van der Waals surface area contributed by atoms with Crippen molar-refractivity contribution in [2.75, 3.05) is 25.5 Å². The van der Waals surface area contributed by atoms with Gasteiger partial charge < -0.3 is 10.4 Å². The average molecular weight is 315 g/mol. The molecule has 5 heteroatoms. The quantitative estimate of drug-likeness (QED) is 0.911. The molecular formula is C18H22FN3O. The van der Waals surface area contributed by atoms with Crippen LogP contribution in [0.4, 0.5) is 10.2 Å². The predicted molar refractivity (Wildman–Crippen MR) is 88.6 cm³/mol. The third-order valence-corrected chi connectivity index (χ3v) is 4.58. The van der Waals surface area contributed by atoms with Gasteiger partial charge in [-0.2, -0.15) is 0 Å². The summed E-state index contributed by atoms with van der Waals surface area (Å²) in [5.41, 5.74) is 0.478. The molecule has 0 aliphatic carbocycles. The maximum absolute atomic E-state index is 14.0. The van der Waals surface area contributed by atoms with E-state index in [4.69, 9.17) is 0 Å². The summed E-state index contributed by atoms with van der Waals surface area (Å²) in [6.07, 6.45) is 2.83. The number of aliphatic hydroxyl groups is 1. The van der Waals surface area contributed by atoms with E-state index in [-0.39, 0.29) is 5.82 Å². The molecule has 1 saturated heterocycles. The van der Waals surface area contributed by atoms with Crippen molar-refractivity contribution in [2.24, 2.45) is 0 Å². The Morgan fingerprint density at radius 3 is 2.65 bits per heavy atom. The first-order valence-corrected chi connectivity index (χ1v) is 7.94. The molecule has 2 N–H and O–H groups in total. The largest absolute Gasteiger partial charge is 0.385 e. The van der Waals surface area contributed by atoms with Gasteiger partial charge in [0.2, 0.25) is 0 Å². The SMILES string of the molecule is CNc1ncccc1CN1CCC(O)(c2ccccc2F)CC1. The van der Waals surface area contributed by atoms with Crippen molar-refractivity contribution in [2.45, 2.75) is 25.0 Å². The van der Waals surface area contributed by atoms with Crippen molar-refractivity contribution in [1.29, 1.82) is 0 Å². The van der Waals surface area contributed by atoms with Crippen LogP contribution in [0.25, 0.3) is 0 Å². The normalized spacial score (nSPS) is 17.9. The number of hydrogen-bond donors (Lipinski definition) is 2. The first-order valence-electron chi connectivity index (χ1n) is 7.94. The molecule has 23 heavy (non-hydrogen) atoms. The van der Waals surface area contributed by atoms with Gasteiger partial charge in [0.1, 0.15) is 11.6 Å². The van der Waals surface area contributed by atoms with Gasteiger partial charge in [0.15, 0.2) is 0 Å². The van der Waals surface area contributed by atoms with Crippen molar-refractivity contribution >= 4 is 5.82 Å². The molecule has 3 rings (SSSR count). The molecule has 0 bridgehead atoms. The third-order valence-electron chi connectivity index (χ3n) is 4.58. The lowest BCUT2D eigenvalue weighted by Crippen LogP contribution is -2.42. The number of nitrogens with one attached hydrogen (secondary N) is 1. The molecule has 0 unspecified atom stereocenters. The summed E-state index contributed by atoms with van der Waals surface area (Å²) in [7, 11) is 1.86. The fourth-order valence-corrected chi connectivity index (χ4v) is 3.22. The summed E-state index contributed by atoms with van der Waals surface area (Å²) in [4.78, 5) is 6.58. The lowest BCUT2D eigenvalue weighted by Gasteiger charge is -2.38. The van der Waals surface area contributed by atoms with Crippen molar-refractivity contribution in [3.05, 3.63) is 59.5 Å². The second kappa shape index (κ2) is 6.64. The van der Waals surface area contributed by atoms with Gasteiger partial charge in [0, 0.05) is 44.0 Å². The van der Waals surface area contributed by atoms with Crippen molar-refractivity contribution in [3.63, 3.8) is 0 Å². The molecule has 0 atom stereocenters. The van der Waals surface area contributed by atoms with Crippen LogP contribution in [0.5, 0.6) is 0 Å². The van der Waals surface area contributed by atoms with Crippen molar-refractivity contribution in [3.8, 4) is 0 Å². The first kappa shape index (κ1) is 15.9. The predicted octanol–water partition coefficient (Wildman–Crippen LogP) is 2.75. The summed E-state index contributed by atoms with van der Waals surface area (Å²) in [5.74, 6) is 0.551. The molecule has 2 aromatic rings. The molecule has 1 aromatic heterocycles. The monoisotopic (exact) mass is 315 g/mol. The lowest BCUT2D eigenvalue weighted by molar-refractivity contribution is -0.0302. The number of rotatable bonds is 4. The van der Waals surface area contributed by atoms with Crippen LogP contribution in [0.3, 0.4) is 0 Å². The second-order valence-corrected chi connectivity index (χ2v) is 6.05. The maximum Gasteiger partial charge on any atom is 0.130 e. The van der Waals surface area contributed by atoms with Crippen LogP contribution in [-0.4, -0.2) is 35.1 Å². The maximum atomic E-state index is 14.0. The van der Waals surface area contributed by atoms with E-state index < -0.39 is 5.60 Å². The average Bonchev–Trinajstić information content (AvgIpc) is 2.58. The molecule has 122 valence electrons. The highest BCUT2D eigenvalue weighted by Crippen LogP contribution is 2.34. The Labute approximate surface area is 136 Å². The van der Waals surface area contributed by atoms with Gasteiger partial charge in [-0.3, -0.25) is 4.90 Å². The number of piperidine rings is 1. The minimum absolute atomic E-state index is 0.326. The first-order chi connectivity index (χ1) is 11.1. The minimum Gasteiger partial charge on any atom is -0.385 e.